The van der Waals surface area contributed by atoms with E-state index in [0.717, 1.165) is 18.5 Å². The summed E-state index contributed by atoms with van der Waals surface area (Å²) in [5.41, 5.74) is 0.243. The highest BCUT2D eigenvalue weighted by molar-refractivity contribution is 5.88. The molecule has 8 heteroatoms. The van der Waals surface area contributed by atoms with Crippen molar-refractivity contribution in [3.05, 3.63) is 56.9 Å². The number of carbonyl (C=O) groups is 1. The molecule has 2 rings (SSSR count). The quantitative estimate of drug-likeness (QED) is 0.801. The number of hydrogen-bond acceptors (Lipinski definition) is 6. The Morgan fingerprint density at radius 3 is 2.59 bits per heavy atom. The predicted octanol–water partition coefficient (Wildman–Crippen LogP) is 0.669. The first kappa shape index (κ1) is 17.3. The summed E-state index contributed by atoms with van der Waals surface area (Å²) in [6.07, 6.45) is 5.73. The number of aromatic nitrogens is 4. The first-order valence-corrected chi connectivity index (χ1v) is 6.81. The topological polar surface area (TPSA) is 118 Å². The molecular formula is C14H18N4O4. The van der Waals surface area contributed by atoms with Gasteiger partial charge >= 0.3 is 5.97 Å². The van der Waals surface area contributed by atoms with Crippen LogP contribution in [0.4, 0.5) is 0 Å². The Balaban J connectivity index is 0.000000224. The van der Waals surface area contributed by atoms with Crippen molar-refractivity contribution in [1.29, 1.82) is 0 Å². The maximum atomic E-state index is 11.0. The number of nitrogens with zero attached hydrogens (tertiary/aromatic N) is 2. The van der Waals surface area contributed by atoms with Crippen LogP contribution in [0.1, 0.15) is 36.3 Å². The van der Waals surface area contributed by atoms with E-state index in [2.05, 4.69) is 31.6 Å². The third-order valence-corrected chi connectivity index (χ3v) is 2.45. The van der Waals surface area contributed by atoms with Crippen molar-refractivity contribution in [3.63, 3.8) is 0 Å². The van der Waals surface area contributed by atoms with Gasteiger partial charge in [-0.1, -0.05) is 13.3 Å². The van der Waals surface area contributed by atoms with Crippen molar-refractivity contribution < 1.29 is 9.53 Å². The van der Waals surface area contributed by atoms with Crippen LogP contribution < -0.4 is 11.1 Å². The highest BCUT2D eigenvalue weighted by Crippen LogP contribution is 1.92. The van der Waals surface area contributed by atoms with E-state index in [4.69, 9.17) is 0 Å². The summed E-state index contributed by atoms with van der Waals surface area (Å²) in [5.74, 6) is -0.646. The molecule has 0 unspecified atom stereocenters. The second-order valence-electron chi connectivity index (χ2n) is 4.17. The van der Waals surface area contributed by atoms with Crippen LogP contribution in [0.25, 0.3) is 0 Å². The van der Waals surface area contributed by atoms with Crippen molar-refractivity contribution in [2.45, 2.75) is 26.7 Å². The number of aryl methyl sites for hydroxylation is 1. The fourth-order valence-corrected chi connectivity index (χ4v) is 1.50. The predicted molar refractivity (Wildman–Crippen MR) is 79.7 cm³/mol. The highest BCUT2D eigenvalue weighted by atomic mass is 16.5. The molecule has 0 amide bonds. The minimum atomic E-state index is -0.646. The van der Waals surface area contributed by atoms with E-state index in [1.54, 1.807) is 6.92 Å². The van der Waals surface area contributed by atoms with E-state index in [1.165, 1.54) is 24.9 Å². The minimum absolute atomic E-state index is 0.0700. The maximum Gasteiger partial charge on any atom is 0.345 e. The van der Waals surface area contributed by atoms with Crippen molar-refractivity contribution >= 4 is 5.97 Å². The van der Waals surface area contributed by atoms with E-state index in [-0.39, 0.29) is 17.7 Å². The summed E-state index contributed by atoms with van der Waals surface area (Å²) in [6, 6.07) is 1.53. The number of carbonyl (C=O) groups excluding carboxylic acids is 1. The fraction of sp³-hybridized carbons (Fsp3) is 0.357. The van der Waals surface area contributed by atoms with Crippen LogP contribution in [0.2, 0.25) is 0 Å². The molecule has 2 aromatic heterocycles. The first-order valence-electron chi connectivity index (χ1n) is 6.81. The summed E-state index contributed by atoms with van der Waals surface area (Å²) in [5, 5.41) is 0. The molecule has 0 saturated carbocycles. The Labute approximate surface area is 126 Å². The monoisotopic (exact) mass is 306 g/mol. The van der Waals surface area contributed by atoms with Crippen molar-refractivity contribution in [3.8, 4) is 0 Å². The van der Waals surface area contributed by atoms with Crippen LogP contribution in [-0.4, -0.2) is 32.5 Å². The summed E-state index contributed by atoms with van der Waals surface area (Å²) < 4.78 is 4.61. The highest BCUT2D eigenvalue weighted by Gasteiger charge is 2.09. The van der Waals surface area contributed by atoms with Gasteiger partial charge in [-0.05, 0) is 13.3 Å². The largest absolute Gasteiger partial charge is 0.462 e. The Morgan fingerprint density at radius 1 is 1.23 bits per heavy atom. The summed E-state index contributed by atoms with van der Waals surface area (Å²) in [7, 11) is 0. The van der Waals surface area contributed by atoms with Gasteiger partial charge in [0.05, 0.1) is 19.3 Å². The van der Waals surface area contributed by atoms with Crippen LogP contribution in [0, 0.1) is 0 Å². The van der Waals surface area contributed by atoms with Gasteiger partial charge in [-0.15, -0.1) is 0 Å². The number of hydrogen-bond donors (Lipinski definition) is 2. The SMILES string of the molecule is CCCc1cc(=O)[nH]cn1.CCOC(=O)c1cnc[nH]c1=O. The number of esters is 1. The zero-order valence-corrected chi connectivity index (χ0v) is 12.5. The lowest BCUT2D eigenvalue weighted by Crippen LogP contribution is -2.19. The molecule has 0 aromatic carbocycles. The molecule has 2 heterocycles. The van der Waals surface area contributed by atoms with Gasteiger partial charge in [0.1, 0.15) is 5.56 Å². The molecule has 0 aliphatic rings. The molecule has 0 fully saturated rings. The van der Waals surface area contributed by atoms with Crippen LogP contribution in [-0.2, 0) is 11.2 Å². The lowest BCUT2D eigenvalue weighted by atomic mass is 10.2. The molecule has 22 heavy (non-hydrogen) atoms. The van der Waals surface area contributed by atoms with Crippen LogP contribution in [0.15, 0.2) is 34.5 Å². The van der Waals surface area contributed by atoms with E-state index in [0.29, 0.717) is 0 Å². The molecule has 2 N–H and O–H groups in total. The second kappa shape index (κ2) is 9.22. The normalized spacial score (nSPS) is 9.55. The Morgan fingerprint density at radius 2 is 2.00 bits per heavy atom. The van der Waals surface area contributed by atoms with E-state index in [1.807, 2.05) is 0 Å². The fourth-order valence-electron chi connectivity index (χ4n) is 1.50. The average Bonchev–Trinajstić information content (AvgIpc) is 2.49. The van der Waals surface area contributed by atoms with Gasteiger partial charge in [-0.3, -0.25) is 9.59 Å². The Hall–Kier alpha value is -2.77. The number of H-pyrrole nitrogens is 2. The third-order valence-electron chi connectivity index (χ3n) is 2.45. The molecule has 0 aliphatic carbocycles. The molecule has 0 radical (unpaired) electrons. The van der Waals surface area contributed by atoms with Crippen LogP contribution >= 0.6 is 0 Å². The zero-order valence-electron chi connectivity index (χ0n) is 12.5. The molecule has 0 saturated heterocycles. The Kier molecular flexibility index (Phi) is 7.24. The maximum absolute atomic E-state index is 11.0. The van der Waals surface area contributed by atoms with Crippen molar-refractivity contribution in [1.82, 2.24) is 19.9 Å². The van der Waals surface area contributed by atoms with E-state index < -0.39 is 11.5 Å². The molecule has 118 valence electrons. The number of ether oxygens (including phenoxy) is 1. The zero-order chi connectivity index (χ0) is 16.4. The van der Waals surface area contributed by atoms with Gasteiger partial charge in [-0.25, -0.2) is 14.8 Å². The van der Waals surface area contributed by atoms with Crippen LogP contribution in [0.3, 0.4) is 0 Å². The van der Waals surface area contributed by atoms with Crippen molar-refractivity contribution in [2.24, 2.45) is 0 Å². The molecule has 0 spiro atoms. The molecule has 0 aliphatic heterocycles. The van der Waals surface area contributed by atoms with Gasteiger partial charge in [0.15, 0.2) is 0 Å². The summed E-state index contributed by atoms with van der Waals surface area (Å²) in [6.45, 7) is 3.97. The van der Waals surface area contributed by atoms with Gasteiger partial charge in [0.25, 0.3) is 11.1 Å². The third kappa shape index (κ3) is 5.70. The number of aromatic amines is 2. The minimum Gasteiger partial charge on any atom is -0.462 e. The Bertz CT molecular complexity index is 708. The lowest BCUT2D eigenvalue weighted by molar-refractivity contribution is 0.0523. The van der Waals surface area contributed by atoms with Gasteiger partial charge in [0.2, 0.25) is 0 Å². The van der Waals surface area contributed by atoms with Crippen molar-refractivity contribution in [2.75, 3.05) is 6.61 Å². The molecule has 0 atom stereocenters. The van der Waals surface area contributed by atoms with E-state index >= 15 is 0 Å². The average molecular weight is 306 g/mol. The second-order valence-corrected chi connectivity index (χ2v) is 4.17. The van der Waals surface area contributed by atoms with E-state index in [9.17, 15) is 14.4 Å². The van der Waals surface area contributed by atoms with Gasteiger partial charge < -0.3 is 14.7 Å². The summed E-state index contributed by atoms with van der Waals surface area (Å²) in [4.78, 5) is 44.9. The van der Waals surface area contributed by atoms with Gasteiger partial charge in [0, 0.05) is 18.0 Å². The number of rotatable bonds is 4. The molecule has 2 aromatic rings. The molecular weight excluding hydrogens is 288 g/mol. The molecule has 8 nitrogen and oxygen atoms in total. The number of nitrogens with one attached hydrogen (secondary N) is 2. The van der Waals surface area contributed by atoms with Gasteiger partial charge in [-0.2, -0.15) is 0 Å². The summed E-state index contributed by atoms with van der Waals surface area (Å²) >= 11 is 0. The standard InChI is InChI=1S/C7H8N2O3.C7H10N2O/c1-2-12-7(11)5-3-8-4-9-6(5)10;1-2-3-6-4-7(10)9-5-8-6/h3-4H,2H2,1H3,(H,8,9,10);4-5H,2-3H2,1H3,(H,8,9,10). The molecule has 0 bridgehead atoms. The van der Waals surface area contributed by atoms with Crippen LogP contribution in [0.5, 0.6) is 0 Å². The lowest BCUT2D eigenvalue weighted by Gasteiger charge is -1.98. The smallest absolute Gasteiger partial charge is 0.345 e. The first-order chi connectivity index (χ1) is 10.6.